The molecule has 0 saturated heterocycles. The number of phosphoric ester groups is 1. The Balaban J connectivity index is 4.34. The van der Waals surface area contributed by atoms with Gasteiger partial charge in [-0.3, -0.25) is 18.6 Å². The fraction of sp³-hybridized carbons (Fsp3) is 0.660. The zero-order valence-electron chi connectivity index (χ0n) is 36.1. The van der Waals surface area contributed by atoms with Gasteiger partial charge in [0.05, 0.1) is 19.3 Å². The first kappa shape index (κ1) is 55.2. The molecule has 0 rings (SSSR count). The second-order valence-corrected chi connectivity index (χ2v) is 15.8. The van der Waals surface area contributed by atoms with E-state index in [1.54, 1.807) is 12.2 Å². The largest absolute Gasteiger partial charge is 0.472 e. The van der Waals surface area contributed by atoms with E-state index in [0.29, 0.717) is 19.3 Å². The Labute approximate surface area is 352 Å². The quantitative estimate of drug-likeness (QED) is 0.0179. The van der Waals surface area contributed by atoms with Crippen LogP contribution in [0.1, 0.15) is 162 Å². The summed E-state index contributed by atoms with van der Waals surface area (Å²) in [6.45, 7) is 3.34. The topological polar surface area (TPSA) is 155 Å². The predicted molar refractivity (Wildman–Crippen MR) is 239 cm³/mol. The molecule has 0 spiro atoms. The molecule has 0 aliphatic rings. The van der Waals surface area contributed by atoms with Gasteiger partial charge in [-0.05, 0) is 77.0 Å². The minimum Gasteiger partial charge on any atom is -0.462 e. The number of unbranched alkanes of at least 4 members (excludes halogenated alkanes) is 12. The van der Waals surface area contributed by atoms with E-state index in [2.05, 4.69) is 74.6 Å². The third-order valence-electron chi connectivity index (χ3n) is 8.87. The van der Waals surface area contributed by atoms with Crippen LogP contribution in [0.4, 0.5) is 0 Å². The minimum atomic E-state index is -4.44. The van der Waals surface area contributed by atoms with Crippen molar-refractivity contribution < 1.29 is 42.7 Å². The first-order valence-electron chi connectivity index (χ1n) is 22.2. The summed E-state index contributed by atoms with van der Waals surface area (Å²) in [5.74, 6) is -1.04. The summed E-state index contributed by atoms with van der Waals surface area (Å²) in [7, 11) is -4.44. The SMILES string of the molecule is CC/C=C\C/C=C\C/C=C\C/C=C\C=C\C(O)CCCC(=O)O[C@H](COC(=O)CCCCCCCCCCC/C=C\C/C=C\CCCCC)COP(=O)(O)OCCN. The molecule has 0 heterocycles. The van der Waals surface area contributed by atoms with Gasteiger partial charge in [0.2, 0.25) is 0 Å². The molecule has 58 heavy (non-hydrogen) atoms. The Morgan fingerprint density at radius 1 is 0.621 bits per heavy atom. The van der Waals surface area contributed by atoms with Crippen LogP contribution >= 0.6 is 7.82 Å². The van der Waals surface area contributed by atoms with Crippen molar-refractivity contribution in [3.8, 4) is 0 Å². The molecule has 4 N–H and O–H groups in total. The van der Waals surface area contributed by atoms with E-state index in [-0.39, 0.29) is 32.6 Å². The van der Waals surface area contributed by atoms with E-state index in [1.807, 2.05) is 12.2 Å². The van der Waals surface area contributed by atoms with Gasteiger partial charge >= 0.3 is 19.8 Å². The fourth-order valence-electron chi connectivity index (χ4n) is 5.57. The van der Waals surface area contributed by atoms with E-state index in [1.165, 1.54) is 57.8 Å². The van der Waals surface area contributed by atoms with Crippen molar-refractivity contribution in [2.45, 2.75) is 174 Å². The molecule has 0 aromatic rings. The molecular formula is C47H80NO9P. The Kier molecular flexibility index (Phi) is 40.2. The van der Waals surface area contributed by atoms with Gasteiger partial charge < -0.3 is 25.2 Å². The van der Waals surface area contributed by atoms with Crippen LogP contribution in [0.15, 0.2) is 85.1 Å². The van der Waals surface area contributed by atoms with Crippen molar-refractivity contribution in [1.82, 2.24) is 0 Å². The van der Waals surface area contributed by atoms with Crippen LogP contribution in [-0.4, -0.2) is 60.5 Å². The number of nitrogens with two attached hydrogens (primary N) is 1. The second-order valence-electron chi connectivity index (χ2n) is 14.4. The smallest absolute Gasteiger partial charge is 0.462 e. The number of esters is 2. The van der Waals surface area contributed by atoms with Crippen LogP contribution in [0.3, 0.4) is 0 Å². The van der Waals surface area contributed by atoms with Crippen LogP contribution in [0.5, 0.6) is 0 Å². The summed E-state index contributed by atoms with van der Waals surface area (Å²) in [5, 5.41) is 10.3. The lowest BCUT2D eigenvalue weighted by Crippen LogP contribution is -2.29. The average molecular weight is 834 g/mol. The summed E-state index contributed by atoms with van der Waals surface area (Å²) in [6.07, 6.45) is 49.3. The summed E-state index contributed by atoms with van der Waals surface area (Å²) in [4.78, 5) is 34.9. The summed E-state index contributed by atoms with van der Waals surface area (Å²) in [6, 6.07) is 0. The number of hydrogen-bond acceptors (Lipinski definition) is 9. The van der Waals surface area contributed by atoms with Crippen molar-refractivity contribution in [3.63, 3.8) is 0 Å². The first-order valence-corrected chi connectivity index (χ1v) is 23.7. The standard InChI is InChI=1S/C47H80NO9P/c1-3-5-7-9-11-13-15-17-18-19-20-21-22-24-26-28-30-32-34-38-46(50)54-42-45(43-56-58(52,53)55-41-40-48)57-47(51)39-35-37-44(49)36-33-31-29-27-25-23-16-14-12-10-8-6-4-2/h6,8,11-14,17-18,23,25,29,31,33,36,44-45,49H,3-5,7,9-10,15-16,19-22,24,26-28,30,32,34-35,37-43,48H2,1-2H3,(H,52,53)/b8-6-,13-11-,14-12-,18-17-,25-23-,31-29-,36-33+/t44?,45-/m1/s1. The molecule has 332 valence electrons. The molecule has 0 bridgehead atoms. The molecule has 2 unspecified atom stereocenters. The number of hydrogen-bond donors (Lipinski definition) is 3. The van der Waals surface area contributed by atoms with Crippen molar-refractivity contribution in [1.29, 1.82) is 0 Å². The normalized spacial score (nSPS) is 14.6. The average Bonchev–Trinajstić information content (AvgIpc) is 3.20. The predicted octanol–water partition coefficient (Wildman–Crippen LogP) is 11.8. The summed E-state index contributed by atoms with van der Waals surface area (Å²) < 4.78 is 32.6. The van der Waals surface area contributed by atoms with Crippen LogP contribution in [0, 0.1) is 0 Å². The highest BCUT2D eigenvalue weighted by atomic mass is 31.2. The monoisotopic (exact) mass is 834 g/mol. The maximum absolute atomic E-state index is 12.6. The highest BCUT2D eigenvalue weighted by molar-refractivity contribution is 7.47. The highest BCUT2D eigenvalue weighted by Gasteiger charge is 2.26. The number of phosphoric acid groups is 1. The Morgan fingerprint density at radius 3 is 1.76 bits per heavy atom. The Morgan fingerprint density at radius 2 is 1.16 bits per heavy atom. The van der Waals surface area contributed by atoms with Gasteiger partial charge in [0.15, 0.2) is 6.10 Å². The lowest BCUT2D eigenvalue weighted by Gasteiger charge is -2.20. The summed E-state index contributed by atoms with van der Waals surface area (Å²) in [5.41, 5.74) is 5.34. The third-order valence-corrected chi connectivity index (χ3v) is 9.85. The molecule has 0 amide bonds. The lowest BCUT2D eigenvalue weighted by molar-refractivity contribution is -0.161. The molecule has 10 nitrogen and oxygen atoms in total. The van der Waals surface area contributed by atoms with Crippen molar-refractivity contribution in [2.24, 2.45) is 5.73 Å². The fourth-order valence-corrected chi connectivity index (χ4v) is 6.34. The molecule has 0 aromatic heterocycles. The maximum atomic E-state index is 12.6. The number of aliphatic hydroxyl groups is 1. The van der Waals surface area contributed by atoms with Crippen molar-refractivity contribution >= 4 is 19.8 Å². The van der Waals surface area contributed by atoms with Crippen molar-refractivity contribution in [3.05, 3.63) is 85.1 Å². The van der Waals surface area contributed by atoms with E-state index in [4.69, 9.17) is 24.3 Å². The van der Waals surface area contributed by atoms with Crippen molar-refractivity contribution in [2.75, 3.05) is 26.4 Å². The number of allylic oxidation sites excluding steroid dienone is 13. The second kappa shape index (κ2) is 42.3. The van der Waals surface area contributed by atoms with Crippen LogP contribution < -0.4 is 5.73 Å². The number of ether oxygens (including phenoxy) is 2. The van der Waals surface area contributed by atoms with Gasteiger partial charge in [-0.1, -0.05) is 157 Å². The molecule has 11 heteroatoms. The molecule has 0 radical (unpaired) electrons. The van der Waals surface area contributed by atoms with Gasteiger partial charge in [0.1, 0.15) is 6.61 Å². The molecule has 0 saturated carbocycles. The van der Waals surface area contributed by atoms with E-state index in [9.17, 15) is 24.2 Å². The Hall–Kier alpha value is -2.85. The number of rotatable bonds is 40. The zero-order chi connectivity index (χ0) is 42.6. The maximum Gasteiger partial charge on any atom is 0.472 e. The molecule has 0 aliphatic heterocycles. The van der Waals surface area contributed by atoms with Gasteiger partial charge in [-0.25, -0.2) is 4.57 Å². The van der Waals surface area contributed by atoms with E-state index in [0.717, 1.165) is 57.8 Å². The zero-order valence-corrected chi connectivity index (χ0v) is 37.0. The summed E-state index contributed by atoms with van der Waals surface area (Å²) >= 11 is 0. The lowest BCUT2D eigenvalue weighted by atomic mass is 10.1. The molecule has 0 fully saturated rings. The molecular weight excluding hydrogens is 753 g/mol. The van der Waals surface area contributed by atoms with E-state index < -0.39 is 38.6 Å². The number of carbonyl (C=O) groups is 2. The van der Waals surface area contributed by atoms with Gasteiger partial charge in [-0.2, -0.15) is 0 Å². The number of carbonyl (C=O) groups excluding carboxylic acids is 2. The molecule has 3 atom stereocenters. The van der Waals surface area contributed by atoms with Gasteiger partial charge in [0.25, 0.3) is 0 Å². The van der Waals surface area contributed by atoms with Gasteiger partial charge in [0, 0.05) is 19.4 Å². The highest BCUT2D eigenvalue weighted by Crippen LogP contribution is 2.43. The van der Waals surface area contributed by atoms with E-state index >= 15 is 0 Å². The van der Waals surface area contributed by atoms with Crippen LogP contribution in [0.2, 0.25) is 0 Å². The third kappa shape index (κ3) is 41.3. The Bertz CT molecular complexity index is 1240. The number of aliphatic hydroxyl groups excluding tert-OH is 1. The minimum absolute atomic E-state index is 0.00547. The van der Waals surface area contributed by atoms with Crippen LogP contribution in [-0.2, 0) is 32.7 Å². The van der Waals surface area contributed by atoms with Crippen LogP contribution in [0.25, 0.3) is 0 Å². The molecule has 0 aromatic carbocycles. The molecule has 0 aliphatic carbocycles. The van der Waals surface area contributed by atoms with Gasteiger partial charge in [-0.15, -0.1) is 0 Å². The first-order chi connectivity index (χ1) is 28.2.